The Bertz CT molecular complexity index is 444. The van der Waals surface area contributed by atoms with Gasteiger partial charge < -0.3 is 5.73 Å². The molecule has 0 unspecified atom stereocenters. The maximum absolute atomic E-state index is 10.9. The number of hydrogen-bond donors (Lipinski definition) is 1. The number of piperidine rings is 1. The molecular formula is C17H26N2O. The maximum atomic E-state index is 10.9. The number of aryl methyl sites for hydroxylation is 1. The van der Waals surface area contributed by atoms with E-state index in [0.29, 0.717) is 12.3 Å². The number of benzene rings is 1. The third-order valence-electron chi connectivity index (χ3n) is 4.30. The molecule has 1 amide bonds. The van der Waals surface area contributed by atoms with E-state index in [1.165, 1.54) is 30.5 Å². The SMILES string of the molecule is CCc1ccccc1CN1CCC[C@@H](CCC(N)=O)C1. The van der Waals surface area contributed by atoms with Gasteiger partial charge >= 0.3 is 0 Å². The smallest absolute Gasteiger partial charge is 0.217 e. The molecular weight excluding hydrogens is 248 g/mol. The Hall–Kier alpha value is -1.35. The second-order valence-corrected chi connectivity index (χ2v) is 5.87. The summed E-state index contributed by atoms with van der Waals surface area (Å²) in [5.74, 6) is 0.462. The van der Waals surface area contributed by atoms with Gasteiger partial charge in [0.2, 0.25) is 5.91 Å². The number of nitrogens with zero attached hydrogens (tertiary/aromatic N) is 1. The Morgan fingerprint density at radius 1 is 1.35 bits per heavy atom. The molecule has 1 fully saturated rings. The number of carbonyl (C=O) groups is 1. The summed E-state index contributed by atoms with van der Waals surface area (Å²) in [6.45, 7) is 5.53. The first-order chi connectivity index (χ1) is 9.69. The minimum atomic E-state index is -0.168. The molecule has 3 heteroatoms. The molecule has 0 aromatic heterocycles. The molecule has 2 N–H and O–H groups in total. The van der Waals surface area contributed by atoms with Crippen LogP contribution in [0.1, 0.15) is 43.7 Å². The molecule has 1 aliphatic rings. The van der Waals surface area contributed by atoms with E-state index in [-0.39, 0.29) is 5.91 Å². The highest BCUT2D eigenvalue weighted by molar-refractivity contribution is 5.73. The average Bonchev–Trinajstić information content (AvgIpc) is 2.46. The van der Waals surface area contributed by atoms with Crippen molar-refractivity contribution in [1.29, 1.82) is 0 Å². The lowest BCUT2D eigenvalue weighted by Crippen LogP contribution is -2.35. The number of likely N-dealkylation sites (tertiary alicyclic amines) is 1. The van der Waals surface area contributed by atoms with Crippen LogP contribution in [0.15, 0.2) is 24.3 Å². The van der Waals surface area contributed by atoms with Crippen LogP contribution < -0.4 is 5.73 Å². The summed E-state index contributed by atoms with van der Waals surface area (Å²) in [5, 5.41) is 0. The van der Waals surface area contributed by atoms with Gasteiger partial charge in [-0.05, 0) is 49.3 Å². The molecule has 1 aromatic carbocycles. The summed E-state index contributed by atoms with van der Waals surface area (Å²) >= 11 is 0. The first-order valence-electron chi connectivity index (χ1n) is 7.76. The minimum Gasteiger partial charge on any atom is -0.370 e. The van der Waals surface area contributed by atoms with Crippen LogP contribution in [0.25, 0.3) is 0 Å². The van der Waals surface area contributed by atoms with Crippen LogP contribution in [0.2, 0.25) is 0 Å². The number of rotatable bonds is 6. The lowest BCUT2D eigenvalue weighted by atomic mass is 9.92. The van der Waals surface area contributed by atoms with E-state index in [2.05, 4.69) is 36.1 Å². The van der Waals surface area contributed by atoms with Gasteiger partial charge in [0.15, 0.2) is 0 Å². The van der Waals surface area contributed by atoms with Gasteiger partial charge in [-0.2, -0.15) is 0 Å². The molecule has 2 rings (SSSR count). The Kier molecular flexibility index (Phi) is 5.60. The predicted molar refractivity (Wildman–Crippen MR) is 82.2 cm³/mol. The van der Waals surface area contributed by atoms with Crippen LogP contribution in [0, 0.1) is 5.92 Å². The van der Waals surface area contributed by atoms with Gasteiger partial charge in [0.05, 0.1) is 0 Å². The molecule has 0 saturated carbocycles. The molecule has 1 heterocycles. The summed E-state index contributed by atoms with van der Waals surface area (Å²) in [6.07, 6.45) is 5.04. The van der Waals surface area contributed by atoms with Gasteiger partial charge in [0.25, 0.3) is 0 Å². The fourth-order valence-corrected chi connectivity index (χ4v) is 3.17. The van der Waals surface area contributed by atoms with Crippen LogP contribution in [0.3, 0.4) is 0 Å². The summed E-state index contributed by atoms with van der Waals surface area (Å²) in [7, 11) is 0. The van der Waals surface area contributed by atoms with E-state index < -0.39 is 0 Å². The molecule has 110 valence electrons. The maximum Gasteiger partial charge on any atom is 0.217 e. The molecule has 1 atom stereocenters. The third kappa shape index (κ3) is 4.34. The molecule has 1 saturated heterocycles. The number of amides is 1. The number of carbonyl (C=O) groups excluding carboxylic acids is 1. The second-order valence-electron chi connectivity index (χ2n) is 5.87. The van der Waals surface area contributed by atoms with Crippen LogP contribution in [0.5, 0.6) is 0 Å². The highest BCUT2D eigenvalue weighted by atomic mass is 16.1. The first-order valence-corrected chi connectivity index (χ1v) is 7.76. The van der Waals surface area contributed by atoms with Crippen molar-refractivity contribution in [2.24, 2.45) is 11.7 Å². The Morgan fingerprint density at radius 2 is 2.10 bits per heavy atom. The number of primary amides is 1. The Labute approximate surface area is 122 Å². The number of hydrogen-bond acceptors (Lipinski definition) is 2. The third-order valence-corrected chi connectivity index (χ3v) is 4.30. The van der Waals surface area contributed by atoms with Crippen molar-refractivity contribution >= 4 is 5.91 Å². The molecule has 0 spiro atoms. The molecule has 0 bridgehead atoms. The zero-order chi connectivity index (χ0) is 14.4. The lowest BCUT2D eigenvalue weighted by Gasteiger charge is -2.33. The van der Waals surface area contributed by atoms with Crippen molar-refractivity contribution in [1.82, 2.24) is 4.90 Å². The Balaban J connectivity index is 1.90. The van der Waals surface area contributed by atoms with Gasteiger partial charge in [0, 0.05) is 19.5 Å². The van der Waals surface area contributed by atoms with E-state index in [9.17, 15) is 4.79 Å². The standard InChI is InChI=1S/C17H26N2O/c1-2-15-7-3-4-8-16(15)13-19-11-5-6-14(12-19)9-10-17(18)20/h3-4,7-8,14H,2,5-6,9-13H2,1H3,(H2,18,20)/t14-/m0/s1. The van der Waals surface area contributed by atoms with Gasteiger partial charge in [-0.25, -0.2) is 0 Å². The Morgan fingerprint density at radius 3 is 2.80 bits per heavy atom. The van der Waals surface area contributed by atoms with Crippen molar-refractivity contribution < 1.29 is 4.79 Å². The highest BCUT2D eigenvalue weighted by Gasteiger charge is 2.20. The van der Waals surface area contributed by atoms with E-state index in [4.69, 9.17) is 5.73 Å². The van der Waals surface area contributed by atoms with Gasteiger partial charge in [-0.1, -0.05) is 31.2 Å². The van der Waals surface area contributed by atoms with Gasteiger partial charge in [0.1, 0.15) is 0 Å². The molecule has 20 heavy (non-hydrogen) atoms. The molecule has 1 aliphatic heterocycles. The minimum absolute atomic E-state index is 0.168. The topological polar surface area (TPSA) is 46.3 Å². The van der Waals surface area contributed by atoms with Crippen molar-refractivity contribution in [2.45, 2.75) is 45.6 Å². The van der Waals surface area contributed by atoms with Crippen LogP contribution >= 0.6 is 0 Å². The van der Waals surface area contributed by atoms with E-state index >= 15 is 0 Å². The molecule has 0 aliphatic carbocycles. The van der Waals surface area contributed by atoms with E-state index in [0.717, 1.165) is 25.9 Å². The average molecular weight is 274 g/mol. The highest BCUT2D eigenvalue weighted by Crippen LogP contribution is 2.23. The quantitative estimate of drug-likeness (QED) is 0.867. The van der Waals surface area contributed by atoms with Crippen LogP contribution in [0.4, 0.5) is 0 Å². The van der Waals surface area contributed by atoms with Crippen molar-refractivity contribution in [3.63, 3.8) is 0 Å². The second kappa shape index (κ2) is 7.44. The predicted octanol–water partition coefficient (Wildman–Crippen LogP) is 2.73. The molecule has 3 nitrogen and oxygen atoms in total. The van der Waals surface area contributed by atoms with Crippen LogP contribution in [-0.2, 0) is 17.8 Å². The van der Waals surface area contributed by atoms with E-state index in [1.807, 2.05) is 0 Å². The van der Waals surface area contributed by atoms with Crippen molar-refractivity contribution in [2.75, 3.05) is 13.1 Å². The summed E-state index contributed by atoms with van der Waals surface area (Å²) < 4.78 is 0. The molecule has 1 aromatic rings. The fourth-order valence-electron chi connectivity index (χ4n) is 3.17. The zero-order valence-electron chi connectivity index (χ0n) is 12.5. The summed E-state index contributed by atoms with van der Waals surface area (Å²) in [4.78, 5) is 13.4. The summed E-state index contributed by atoms with van der Waals surface area (Å²) in [6, 6.07) is 8.72. The van der Waals surface area contributed by atoms with Crippen LogP contribution in [-0.4, -0.2) is 23.9 Å². The van der Waals surface area contributed by atoms with Crippen molar-refractivity contribution in [3.8, 4) is 0 Å². The zero-order valence-corrected chi connectivity index (χ0v) is 12.5. The van der Waals surface area contributed by atoms with E-state index in [1.54, 1.807) is 0 Å². The fraction of sp³-hybridized carbons (Fsp3) is 0.588. The summed E-state index contributed by atoms with van der Waals surface area (Å²) in [5.41, 5.74) is 8.15. The molecule has 0 radical (unpaired) electrons. The first kappa shape index (κ1) is 15.0. The monoisotopic (exact) mass is 274 g/mol. The largest absolute Gasteiger partial charge is 0.370 e. The van der Waals surface area contributed by atoms with Gasteiger partial charge in [-0.15, -0.1) is 0 Å². The number of nitrogens with two attached hydrogens (primary N) is 1. The lowest BCUT2D eigenvalue weighted by molar-refractivity contribution is -0.118. The van der Waals surface area contributed by atoms with Gasteiger partial charge in [-0.3, -0.25) is 9.69 Å². The van der Waals surface area contributed by atoms with Crippen molar-refractivity contribution in [3.05, 3.63) is 35.4 Å². The normalized spacial score (nSPS) is 19.9.